The molecule has 0 aromatic heterocycles. The zero-order valence-electron chi connectivity index (χ0n) is 11.6. The summed E-state index contributed by atoms with van der Waals surface area (Å²) in [7, 11) is 0. The van der Waals surface area contributed by atoms with E-state index in [-0.39, 0.29) is 6.04 Å². The van der Waals surface area contributed by atoms with E-state index in [0.29, 0.717) is 0 Å². The molecule has 1 unspecified atom stereocenters. The monoisotopic (exact) mass is 403 g/mol. The van der Waals surface area contributed by atoms with Gasteiger partial charge in [-0.1, -0.05) is 80.4 Å². The van der Waals surface area contributed by atoms with Crippen molar-refractivity contribution in [2.75, 3.05) is 0 Å². The lowest BCUT2D eigenvalue weighted by atomic mass is 9.93. The van der Waals surface area contributed by atoms with Crippen LogP contribution in [-0.2, 0) is 0 Å². The third-order valence-corrected chi connectivity index (χ3v) is 5.57. The molecule has 0 aliphatic heterocycles. The molecule has 106 valence electrons. The number of hydrogen-bond donors (Lipinski definition) is 1. The number of nitrogens with two attached hydrogens (primary N) is 1. The van der Waals surface area contributed by atoms with E-state index in [1.54, 1.807) is 0 Å². The second-order valence-corrected chi connectivity index (χ2v) is 6.79. The standard InChI is InChI=1S/C18H15Br2N/c1-11-5-4-8-15(17(11)20)18(21)14-9-10-16(19)13-7-3-2-6-12(13)14/h2-10,18H,21H2,1H3. The van der Waals surface area contributed by atoms with Gasteiger partial charge in [0.2, 0.25) is 0 Å². The zero-order valence-corrected chi connectivity index (χ0v) is 14.8. The molecule has 3 aromatic carbocycles. The van der Waals surface area contributed by atoms with Crippen LogP contribution >= 0.6 is 31.9 Å². The van der Waals surface area contributed by atoms with Gasteiger partial charge in [-0.3, -0.25) is 0 Å². The predicted molar refractivity (Wildman–Crippen MR) is 96.6 cm³/mol. The fraction of sp³-hybridized carbons (Fsp3) is 0.111. The van der Waals surface area contributed by atoms with Gasteiger partial charge in [0.25, 0.3) is 0 Å². The molecule has 2 N–H and O–H groups in total. The van der Waals surface area contributed by atoms with Gasteiger partial charge < -0.3 is 5.73 Å². The molecule has 0 aliphatic carbocycles. The van der Waals surface area contributed by atoms with Crippen molar-refractivity contribution >= 4 is 42.6 Å². The van der Waals surface area contributed by atoms with Crippen molar-refractivity contribution in [1.29, 1.82) is 0 Å². The van der Waals surface area contributed by atoms with Crippen molar-refractivity contribution in [3.05, 3.63) is 80.2 Å². The maximum atomic E-state index is 6.56. The summed E-state index contributed by atoms with van der Waals surface area (Å²) in [6.07, 6.45) is 0. The second-order valence-electron chi connectivity index (χ2n) is 5.14. The van der Waals surface area contributed by atoms with Gasteiger partial charge in [-0.2, -0.15) is 0 Å². The molecule has 0 amide bonds. The van der Waals surface area contributed by atoms with Crippen molar-refractivity contribution in [1.82, 2.24) is 0 Å². The van der Waals surface area contributed by atoms with Crippen LogP contribution in [0.4, 0.5) is 0 Å². The number of benzene rings is 3. The highest BCUT2D eigenvalue weighted by molar-refractivity contribution is 9.11. The zero-order chi connectivity index (χ0) is 15.0. The Balaban J connectivity index is 2.21. The molecule has 0 aliphatic rings. The fourth-order valence-corrected chi connectivity index (χ4v) is 3.62. The average molecular weight is 405 g/mol. The first-order valence-electron chi connectivity index (χ1n) is 6.77. The Morgan fingerprint density at radius 1 is 0.810 bits per heavy atom. The molecule has 0 radical (unpaired) electrons. The topological polar surface area (TPSA) is 26.0 Å². The van der Waals surface area contributed by atoms with E-state index in [0.717, 1.165) is 20.1 Å². The van der Waals surface area contributed by atoms with Crippen LogP contribution in [0, 0.1) is 6.92 Å². The molecule has 1 nitrogen and oxygen atoms in total. The van der Waals surface area contributed by atoms with Gasteiger partial charge in [-0.15, -0.1) is 0 Å². The van der Waals surface area contributed by atoms with Gasteiger partial charge in [0.15, 0.2) is 0 Å². The van der Waals surface area contributed by atoms with Crippen LogP contribution in [0.3, 0.4) is 0 Å². The normalized spacial score (nSPS) is 12.6. The van der Waals surface area contributed by atoms with Crippen LogP contribution in [0.15, 0.2) is 63.5 Å². The maximum Gasteiger partial charge on any atom is 0.0569 e. The average Bonchev–Trinajstić information content (AvgIpc) is 2.50. The lowest BCUT2D eigenvalue weighted by molar-refractivity contribution is 0.872. The van der Waals surface area contributed by atoms with E-state index in [1.165, 1.54) is 16.3 Å². The van der Waals surface area contributed by atoms with Gasteiger partial charge in [0, 0.05) is 8.95 Å². The minimum Gasteiger partial charge on any atom is -0.320 e. The van der Waals surface area contributed by atoms with E-state index in [2.05, 4.69) is 87.3 Å². The number of aryl methyl sites for hydroxylation is 1. The highest BCUT2D eigenvalue weighted by atomic mass is 79.9. The van der Waals surface area contributed by atoms with Gasteiger partial charge in [-0.05, 0) is 40.5 Å². The molecule has 3 aromatic rings. The molecule has 0 spiro atoms. The van der Waals surface area contributed by atoms with Crippen molar-refractivity contribution in [3.8, 4) is 0 Å². The van der Waals surface area contributed by atoms with Gasteiger partial charge in [0.05, 0.1) is 6.04 Å². The van der Waals surface area contributed by atoms with Crippen LogP contribution in [0.2, 0.25) is 0 Å². The highest BCUT2D eigenvalue weighted by Crippen LogP contribution is 2.35. The van der Waals surface area contributed by atoms with Crippen molar-refractivity contribution in [2.45, 2.75) is 13.0 Å². The SMILES string of the molecule is Cc1cccc(C(N)c2ccc(Br)c3ccccc23)c1Br. The molecule has 21 heavy (non-hydrogen) atoms. The molecule has 3 rings (SSSR count). The van der Waals surface area contributed by atoms with Crippen LogP contribution in [0.5, 0.6) is 0 Å². The molecular weight excluding hydrogens is 390 g/mol. The lowest BCUT2D eigenvalue weighted by Crippen LogP contribution is -2.13. The molecule has 0 saturated heterocycles. The van der Waals surface area contributed by atoms with Crippen molar-refractivity contribution in [3.63, 3.8) is 0 Å². The van der Waals surface area contributed by atoms with Gasteiger partial charge in [-0.25, -0.2) is 0 Å². The first-order valence-corrected chi connectivity index (χ1v) is 8.36. The minimum absolute atomic E-state index is 0.155. The van der Waals surface area contributed by atoms with E-state index in [4.69, 9.17) is 5.73 Å². The van der Waals surface area contributed by atoms with E-state index < -0.39 is 0 Å². The Hall–Kier alpha value is -1.16. The quantitative estimate of drug-likeness (QED) is 0.580. The smallest absolute Gasteiger partial charge is 0.0569 e. The Morgan fingerprint density at radius 3 is 2.29 bits per heavy atom. The Kier molecular flexibility index (Phi) is 4.16. The Morgan fingerprint density at radius 2 is 1.52 bits per heavy atom. The molecule has 3 heteroatoms. The Labute approximate surface area is 141 Å². The molecule has 0 bridgehead atoms. The first kappa shape index (κ1) is 14.8. The first-order chi connectivity index (χ1) is 10.1. The molecular formula is C18H15Br2N. The number of hydrogen-bond acceptors (Lipinski definition) is 1. The second kappa shape index (κ2) is 5.91. The molecule has 1 atom stereocenters. The summed E-state index contributed by atoms with van der Waals surface area (Å²) in [5.41, 5.74) is 10.0. The third-order valence-electron chi connectivity index (χ3n) is 3.80. The summed E-state index contributed by atoms with van der Waals surface area (Å²) in [6.45, 7) is 2.08. The molecule has 0 heterocycles. The number of halogens is 2. The molecule has 0 fully saturated rings. The number of fused-ring (bicyclic) bond motifs is 1. The largest absolute Gasteiger partial charge is 0.320 e. The van der Waals surface area contributed by atoms with E-state index in [9.17, 15) is 0 Å². The minimum atomic E-state index is -0.155. The summed E-state index contributed by atoms with van der Waals surface area (Å²) in [5, 5.41) is 2.38. The van der Waals surface area contributed by atoms with Crippen LogP contribution in [0.25, 0.3) is 10.8 Å². The highest BCUT2D eigenvalue weighted by Gasteiger charge is 2.16. The van der Waals surface area contributed by atoms with E-state index in [1.807, 2.05) is 6.07 Å². The third kappa shape index (κ3) is 2.66. The van der Waals surface area contributed by atoms with Gasteiger partial charge >= 0.3 is 0 Å². The maximum absolute atomic E-state index is 6.56. The summed E-state index contributed by atoms with van der Waals surface area (Å²) in [4.78, 5) is 0. The van der Waals surface area contributed by atoms with Crippen molar-refractivity contribution in [2.24, 2.45) is 5.73 Å². The number of rotatable bonds is 2. The molecule has 0 saturated carbocycles. The van der Waals surface area contributed by atoms with Crippen LogP contribution < -0.4 is 5.73 Å². The summed E-state index contributed by atoms with van der Waals surface area (Å²) < 4.78 is 2.18. The van der Waals surface area contributed by atoms with Crippen LogP contribution in [-0.4, -0.2) is 0 Å². The summed E-state index contributed by atoms with van der Waals surface area (Å²) in [6, 6.07) is 18.6. The van der Waals surface area contributed by atoms with Gasteiger partial charge in [0.1, 0.15) is 0 Å². The Bertz CT molecular complexity index is 811. The fourth-order valence-electron chi connectivity index (χ4n) is 2.63. The lowest BCUT2D eigenvalue weighted by Gasteiger charge is -2.18. The van der Waals surface area contributed by atoms with Crippen molar-refractivity contribution < 1.29 is 0 Å². The summed E-state index contributed by atoms with van der Waals surface area (Å²) >= 11 is 7.28. The van der Waals surface area contributed by atoms with Crippen LogP contribution in [0.1, 0.15) is 22.7 Å². The van der Waals surface area contributed by atoms with E-state index >= 15 is 0 Å². The summed E-state index contributed by atoms with van der Waals surface area (Å²) in [5.74, 6) is 0. The predicted octanol–water partition coefficient (Wildman–Crippen LogP) is 5.72.